The SMILES string of the molecule is CC(C)(CCNC1CC1)Cc1csc2ccccc12. The van der Waals surface area contributed by atoms with Gasteiger partial charge in [-0.2, -0.15) is 0 Å². The van der Waals surface area contributed by atoms with Crippen molar-refractivity contribution in [3.8, 4) is 0 Å². The fourth-order valence-corrected chi connectivity index (χ4v) is 3.64. The van der Waals surface area contributed by atoms with Crippen LogP contribution in [-0.4, -0.2) is 12.6 Å². The summed E-state index contributed by atoms with van der Waals surface area (Å²) in [4.78, 5) is 0. The lowest BCUT2D eigenvalue weighted by Crippen LogP contribution is -2.25. The Hall–Kier alpha value is -0.860. The van der Waals surface area contributed by atoms with Gasteiger partial charge in [0.1, 0.15) is 0 Å². The lowest BCUT2D eigenvalue weighted by molar-refractivity contribution is 0.326. The number of rotatable bonds is 6. The topological polar surface area (TPSA) is 12.0 Å². The Bertz CT molecular complexity index is 551. The Kier molecular flexibility index (Phi) is 3.64. The molecule has 2 aromatic rings. The van der Waals surface area contributed by atoms with Crippen molar-refractivity contribution in [2.45, 2.75) is 45.6 Å². The minimum absolute atomic E-state index is 0.381. The molecule has 1 fully saturated rings. The van der Waals surface area contributed by atoms with Gasteiger partial charge in [-0.1, -0.05) is 32.0 Å². The molecule has 1 aromatic carbocycles. The molecule has 0 atom stereocenters. The summed E-state index contributed by atoms with van der Waals surface area (Å²) < 4.78 is 1.42. The monoisotopic (exact) mass is 273 g/mol. The molecule has 1 heterocycles. The Morgan fingerprint density at radius 1 is 1.26 bits per heavy atom. The lowest BCUT2D eigenvalue weighted by Gasteiger charge is -2.24. The molecule has 1 N–H and O–H groups in total. The summed E-state index contributed by atoms with van der Waals surface area (Å²) >= 11 is 1.88. The third kappa shape index (κ3) is 3.37. The quantitative estimate of drug-likeness (QED) is 0.810. The van der Waals surface area contributed by atoms with Crippen LogP contribution in [0.2, 0.25) is 0 Å². The zero-order chi connectivity index (χ0) is 13.3. The van der Waals surface area contributed by atoms with Crippen LogP contribution in [0.25, 0.3) is 10.1 Å². The molecule has 1 aliphatic carbocycles. The normalized spacial score (nSPS) is 16.1. The van der Waals surface area contributed by atoms with E-state index in [2.05, 4.69) is 48.8 Å². The van der Waals surface area contributed by atoms with Crippen molar-refractivity contribution >= 4 is 21.4 Å². The van der Waals surface area contributed by atoms with Crippen molar-refractivity contribution in [2.24, 2.45) is 5.41 Å². The fourth-order valence-electron chi connectivity index (χ4n) is 2.68. The molecule has 19 heavy (non-hydrogen) atoms. The van der Waals surface area contributed by atoms with Crippen LogP contribution >= 0.6 is 11.3 Å². The van der Waals surface area contributed by atoms with Gasteiger partial charge < -0.3 is 5.32 Å². The first-order chi connectivity index (χ1) is 9.14. The van der Waals surface area contributed by atoms with Gasteiger partial charge in [0.15, 0.2) is 0 Å². The van der Waals surface area contributed by atoms with Crippen molar-refractivity contribution in [3.63, 3.8) is 0 Å². The molecule has 0 spiro atoms. The molecule has 0 radical (unpaired) electrons. The van der Waals surface area contributed by atoms with Crippen LogP contribution in [0.5, 0.6) is 0 Å². The summed E-state index contributed by atoms with van der Waals surface area (Å²) in [5.74, 6) is 0. The molecular weight excluding hydrogens is 250 g/mol. The van der Waals surface area contributed by atoms with Crippen LogP contribution < -0.4 is 5.32 Å². The molecule has 0 bridgehead atoms. The van der Waals surface area contributed by atoms with Gasteiger partial charge in [0.25, 0.3) is 0 Å². The molecule has 0 amide bonds. The highest BCUT2D eigenvalue weighted by molar-refractivity contribution is 7.17. The Labute approximate surface area is 120 Å². The summed E-state index contributed by atoms with van der Waals surface area (Å²) in [6.07, 6.45) is 5.21. The van der Waals surface area contributed by atoms with Crippen molar-refractivity contribution in [3.05, 3.63) is 35.2 Å². The molecule has 0 aliphatic heterocycles. The molecule has 3 rings (SSSR count). The highest BCUT2D eigenvalue weighted by Crippen LogP contribution is 2.33. The third-order valence-corrected chi connectivity index (χ3v) is 5.05. The molecule has 1 nitrogen and oxygen atoms in total. The van der Waals surface area contributed by atoms with Crippen LogP contribution in [0.3, 0.4) is 0 Å². The van der Waals surface area contributed by atoms with Gasteiger partial charge in [-0.15, -0.1) is 11.3 Å². The average Bonchev–Trinajstić information content (AvgIpc) is 3.11. The van der Waals surface area contributed by atoms with E-state index in [0.717, 1.165) is 6.04 Å². The van der Waals surface area contributed by atoms with Crippen LogP contribution in [0.15, 0.2) is 29.6 Å². The minimum atomic E-state index is 0.381. The third-order valence-electron chi connectivity index (χ3n) is 4.04. The van der Waals surface area contributed by atoms with E-state index in [9.17, 15) is 0 Å². The summed E-state index contributed by atoms with van der Waals surface area (Å²) in [6, 6.07) is 9.61. The van der Waals surface area contributed by atoms with Crippen LogP contribution in [0.4, 0.5) is 0 Å². The van der Waals surface area contributed by atoms with E-state index in [0.29, 0.717) is 5.41 Å². The minimum Gasteiger partial charge on any atom is -0.314 e. The van der Waals surface area contributed by atoms with E-state index in [1.165, 1.54) is 47.9 Å². The van der Waals surface area contributed by atoms with E-state index < -0.39 is 0 Å². The number of thiophene rings is 1. The van der Waals surface area contributed by atoms with Crippen LogP contribution in [0, 0.1) is 5.41 Å². The van der Waals surface area contributed by atoms with E-state index in [4.69, 9.17) is 0 Å². The first kappa shape index (κ1) is 13.1. The Morgan fingerprint density at radius 3 is 2.84 bits per heavy atom. The maximum atomic E-state index is 3.63. The predicted molar refractivity (Wildman–Crippen MR) is 85.0 cm³/mol. The standard InChI is InChI=1S/C17H23NS/c1-17(2,9-10-18-14-7-8-14)11-13-12-19-16-6-4-3-5-15(13)16/h3-6,12,14,18H,7-11H2,1-2H3. The lowest BCUT2D eigenvalue weighted by atomic mass is 9.82. The van der Waals surface area contributed by atoms with E-state index in [1.54, 1.807) is 0 Å². The molecule has 0 unspecified atom stereocenters. The molecule has 1 saturated carbocycles. The molecule has 1 aliphatic rings. The molecule has 1 aromatic heterocycles. The summed E-state index contributed by atoms with van der Waals surface area (Å²) in [6.45, 7) is 5.96. The van der Waals surface area contributed by atoms with Crippen molar-refractivity contribution in [1.29, 1.82) is 0 Å². The van der Waals surface area contributed by atoms with E-state index in [-0.39, 0.29) is 0 Å². The van der Waals surface area contributed by atoms with Crippen molar-refractivity contribution in [1.82, 2.24) is 5.32 Å². The molecule has 0 saturated heterocycles. The number of hydrogen-bond acceptors (Lipinski definition) is 2. The summed E-state index contributed by atoms with van der Waals surface area (Å²) in [5, 5.41) is 7.43. The maximum Gasteiger partial charge on any atom is 0.0345 e. The average molecular weight is 273 g/mol. The highest BCUT2D eigenvalue weighted by Gasteiger charge is 2.23. The number of nitrogens with one attached hydrogen (secondary N) is 1. The van der Waals surface area contributed by atoms with E-state index in [1.807, 2.05) is 11.3 Å². The largest absolute Gasteiger partial charge is 0.314 e. The Morgan fingerprint density at radius 2 is 2.05 bits per heavy atom. The van der Waals surface area contributed by atoms with Gasteiger partial charge in [0.2, 0.25) is 0 Å². The molecular formula is C17H23NS. The summed E-state index contributed by atoms with van der Waals surface area (Å²) in [5.41, 5.74) is 1.91. The zero-order valence-corrected chi connectivity index (χ0v) is 12.7. The van der Waals surface area contributed by atoms with Gasteiger partial charge in [0, 0.05) is 10.7 Å². The second-order valence-electron chi connectivity index (χ2n) is 6.58. The predicted octanol–water partition coefficient (Wildman–Crippen LogP) is 4.61. The van der Waals surface area contributed by atoms with Gasteiger partial charge in [-0.25, -0.2) is 0 Å². The van der Waals surface area contributed by atoms with Crippen molar-refractivity contribution in [2.75, 3.05) is 6.54 Å². The highest BCUT2D eigenvalue weighted by atomic mass is 32.1. The first-order valence-corrected chi connectivity index (χ1v) is 8.20. The number of hydrogen-bond donors (Lipinski definition) is 1. The van der Waals surface area contributed by atoms with E-state index >= 15 is 0 Å². The van der Waals surface area contributed by atoms with Crippen molar-refractivity contribution < 1.29 is 0 Å². The second kappa shape index (κ2) is 5.26. The molecule has 102 valence electrons. The van der Waals surface area contributed by atoms with Gasteiger partial charge >= 0.3 is 0 Å². The number of benzene rings is 1. The van der Waals surface area contributed by atoms with Gasteiger partial charge in [0.05, 0.1) is 0 Å². The van der Waals surface area contributed by atoms with Crippen LogP contribution in [-0.2, 0) is 6.42 Å². The zero-order valence-electron chi connectivity index (χ0n) is 11.9. The fraction of sp³-hybridized carbons (Fsp3) is 0.529. The number of fused-ring (bicyclic) bond motifs is 1. The second-order valence-corrected chi connectivity index (χ2v) is 7.49. The first-order valence-electron chi connectivity index (χ1n) is 7.33. The maximum absolute atomic E-state index is 3.63. The van der Waals surface area contributed by atoms with Crippen LogP contribution in [0.1, 0.15) is 38.7 Å². The van der Waals surface area contributed by atoms with Gasteiger partial charge in [-0.3, -0.25) is 0 Å². The Balaban J connectivity index is 1.64. The smallest absolute Gasteiger partial charge is 0.0345 e. The molecule has 2 heteroatoms. The van der Waals surface area contributed by atoms with Gasteiger partial charge in [-0.05, 0) is 60.0 Å². The summed E-state index contributed by atoms with van der Waals surface area (Å²) in [7, 11) is 0.